The number of piperidine rings is 1. The van der Waals surface area contributed by atoms with Crippen molar-refractivity contribution in [2.75, 3.05) is 4.90 Å². The molecule has 20 heavy (non-hydrogen) atoms. The van der Waals surface area contributed by atoms with E-state index in [9.17, 15) is 18.7 Å². The van der Waals surface area contributed by atoms with E-state index in [2.05, 4.69) is 0 Å². The zero-order chi connectivity index (χ0) is 14.4. The summed E-state index contributed by atoms with van der Waals surface area (Å²) in [5.41, 5.74) is -0.553. The van der Waals surface area contributed by atoms with Gasteiger partial charge in [0.1, 0.15) is 17.3 Å². The topological polar surface area (TPSA) is 60.8 Å². The fourth-order valence-electron chi connectivity index (χ4n) is 3.45. The Morgan fingerprint density at radius 1 is 1.15 bits per heavy atom. The maximum Gasteiger partial charge on any atom is 0.335 e. The standard InChI is InChI=1S/C14H15F2NO3/c15-11-3-7(14(19)20)4-12(16)13(11)17-8-1-2-9(17)6-10(18)5-8/h3-4,8-10,18H,1-2,5-6H2,(H,19,20). The quantitative estimate of drug-likeness (QED) is 0.873. The molecule has 2 unspecified atom stereocenters. The second kappa shape index (κ2) is 4.70. The molecule has 1 aromatic carbocycles. The number of rotatable bonds is 2. The van der Waals surface area contributed by atoms with Crippen LogP contribution in [0.4, 0.5) is 14.5 Å². The number of aromatic carboxylic acids is 1. The van der Waals surface area contributed by atoms with Gasteiger partial charge in [-0.05, 0) is 37.8 Å². The Hall–Kier alpha value is -1.69. The molecule has 2 fully saturated rings. The summed E-state index contributed by atoms with van der Waals surface area (Å²) in [7, 11) is 0. The fraction of sp³-hybridized carbons (Fsp3) is 0.500. The number of fused-ring (bicyclic) bond motifs is 2. The molecule has 2 aliphatic heterocycles. The van der Waals surface area contributed by atoms with Crippen LogP contribution in [0.2, 0.25) is 0 Å². The van der Waals surface area contributed by atoms with Gasteiger partial charge in [-0.25, -0.2) is 13.6 Å². The molecule has 0 radical (unpaired) electrons. The van der Waals surface area contributed by atoms with Crippen molar-refractivity contribution in [2.24, 2.45) is 0 Å². The average molecular weight is 283 g/mol. The van der Waals surface area contributed by atoms with Gasteiger partial charge in [-0.15, -0.1) is 0 Å². The highest BCUT2D eigenvalue weighted by Crippen LogP contribution is 2.41. The van der Waals surface area contributed by atoms with Crippen molar-refractivity contribution in [3.05, 3.63) is 29.3 Å². The second-order valence-corrected chi connectivity index (χ2v) is 5.51. The Kier molecular flexibility index (Phi) is 3.12. The number of hydrogen-bond acceptors (Lipinski definition) is 3. The highest BCUT2D eigenvalue weighted by Gasteiger charge is 2.42. The molecule has 0 saturated carbocycles. The Labute approximate surface area is 114 Å². The summed E-state index contributed by atoms with van der Waals surface area (Å²) in [5, 5.41) is 18.5. The Balaban J connectivity index is 2.01. The van der Waals surface area contributed by atoms with E-state index in [0.29, 0.717) is 12.8 Å². The minimum absolute atomic E-state index is 0.0802. The number of carboxylic acid groups (broad SMARTS) is 1. The van der Waals surface area contributed by atoms with Gasteiger partial charge in [-0.2, -0.15) is 0 Å². The van der Waals surface area contributed by atoms with Crippen molar-refractivity contribution in [3.63, 3.8) is 0 Å². The summed E-state index contributed by atoms with van der Waals surface area (Å²) in [6.07, 6.45) is 2.16. The third kappa shape index (κ3) is 2.04. The van der Waals surface area contributed by atoms with Crippen LogP contribution in [0.3, 0.4) is 0 Å². The van der Waals surface area contributed by atoms with Gasteiger partial charge < -0.3 is 15.1 Å². The number of halogens is 2. The van der Waals surface area contributed by atoms with E-state index in [1.54, 1.807) is 4.90 Å². The van der Waals surface area contributed by atoms with E-state index in [1.165, 1.54) is 0 Å². The van der Waals surface area contributed by atoms with Gasteiger partial charge in [0.15, 0.2) is 0 Å². The Morgan fingerprint density at radius 2 is 1.65 bits per heavy atom. The molecule has 0 amide bonds. The molecule has 1 aromatic rings. The molecule has 2 heterocycles. The van der Waals surface area contributed by atoms with E-state index in [0.717, 1.165) is 25.0 Å². The fourth-order valence-corrected chi connectivity index (χ4v) is 3.45. The summed E-state index contributed by atoms with van der Waals surface area (Å²) in [4.78, 5) is 12.5. The number of anilines is 1. The van der Waals surface area contributed by atoms with E-state index in [1.807, 2.05) is 0 Å². The van der Waals surface area contributed by atoms with Gasteiger partial charge in [-0.1, -0.05) is 0 Å². The summed E-state index contributed by atoms with van der Waals surface area (Å²) < 4.78 is 28.2. The minimum atomic E-state index is -1.36. The lowest BCUT2D eigenvalue weighted by molar-refractivity contribution is 0.0695. The molecule has 0 aromatic heterocycles. The van der Waals surface area contributed by atoms with Crippen molar-refractivity contribution in [2.45, 2.75) is 43.9 Å². The zero-order valence-electron chi connectivity index (χ0n) is 10.7. The third-order valence-corrected chi connectivity index (χ3v) is 4.23. The number of nitrogens with zero attached hydrogens (tertiary/aromatic N) is 1. The smallest absolute Gasteiger partial charge is 0.335 e. The summed E-state index contributed by atoms with van der Waals surface area (Å²) in [6, 6.07) is 1.54. The first kappa shape index (κ1) is 13.3. The van der Waals surface area contributed by atoms with Crippen molar-refractivity contribution in [1.82, 2.24) is 0 Å². The minimum Gasteiger partial charge on any atom is -0.478 e. The lowest BCUT2D eigenvalue weighted by Crippen LogP contribution is -2.45. The van der Waals surface area contributed by atoms with Gasteiger partial charge in [0.25, 0.3) is 0 Å². The molecule has 4 nitrogen and oxygen atoms in total. The van der Waals surface area contributed by atoms with Gasteiger partial charge in [0.05, 0.1) is 11.7 Å². The predicted octanol–water partition coefficient (Wildman–Crippen LogP) is 2.16. The van der Waals surface area contributed by atoms with Crippen molar-refractivity contribution < 1.29 is 23.8 Å². The molecule has 3 rings (SSSR count). The van der Waals surface area contributed by atoms with Crippen LogP contribution in [0.5, 0.6) is 0 Å². The van der Waals surface area contributed by atoms with Crippen LogP contribution >= 0.6 is 0 Å². The van der Waals surface area contributed by atoms with E-state index in [-0.39, 0.29) is 17.8 Å². The van der Waals surface area contributed by atoms with Gasteiger partial charge in [-0.3, -0.25) is 0 Å². The SMILES string of the molecule is O=C(O)c1cc(F)c(N2C3CCC2CC(O)C3)c(F)c1. The first-order valence-electron chi connectivity index (χ1n) is 6.66. The van der Waals surface area contributed by atoms with Gasteiger partial charge in [0.2, 0.25) is 0 Å². The van der Waals surface area contributed by atoms with Crippen LogP contribution in [0.15, 0.2) is 12.1 Å². The molecule has 2 N–H and O–H groups in total. The Morgan fingerprint density at radius 3 is 2.10 bits per heavy atom. The van der Waals surface area contributed by atoms with E-state index >= 15 is 0 Å². The van der Waals surface area contributed by atoms with Crippen molar-refractivity contribution in [1.29, 1.82) is 0 Å². The summed E-state index contributed by atoms with van der Waals surface area (Å²) >= 11 is 0. The maximum atomic E-state index is 14.1. The van der Waals surface area contributed by atoms with Crippen LogP contribution in [-0.2, 0) is 0 Å². The molecule has 2 saturated heterocycles. The first-order chi connectivity index (χ1) is 9.47. The highest BCUT2D eigenvalue weighted by atomic mass is 19.1. The molecular weight excluding hydrogens is 268 g/mol. The van der Waals surface area contributed by atoms with Gasteiger partial charge >= 0.3 is 5.97 Å². The number of carbonyl (C=O) groups is 1. The van der Waals surface area contributed by atoms with Crippen LogP contribution < -0.4 is 4.90 Å². The molecule has 0 spiro atoms. The summed E-state index contributed by atoms with van der Waals surface area (Å²) in [6.45, 7) is 0. The van der Waals surface area contributed by atoms with Crippen LogP contribution in [0, 0.1) is 11.6 Å². The highest BCUT2D eigenvalue weighted by molar-refractivity contribution is 5.88. The molecule has 2 atom stereocenters. The normalized spacial score (nSPS) is 28.8. The van der Waals surface area contributed by atoms with Crippen molar-refractivity contribution in [3.8, 4) is 0 Å². The van der Waals surface area contributed by atoms with Gasteiger partial charge in [0, 0.05) is 12.1 Å². The monoisotopic (exact) mass is 283 g/mol. The number of carboxylic acids is 1. The average Bonchev–Trinajstić information content (AvgIpc) is 2.62. The Bertz CT molecular complexity index is 526. The lowest BCUT2D eigenvalue weighted by atomic mass is 9.98. The van der Waals surface area contributed by atoms with Crippen LogP contribution in [0.25, 0.3) is 0 Å². The molecule has 0 aliphatic carbocycles. The van der Waals surface area contributed by atoms with E-state index < -0.39 is 29.3 Å². The number of hydrogen-bond donors (Lipinski definition) is 2. The molecular formula is C14H15F2NO3. The molecule has 2 bridgehead atoms. The van der Waals surface area contributed by atoms with Crippen LogP contribution in [0.1, 0.15) is 36.0 Å². The van der Waals surface area contributed by atoms with E-state index in [4.69, 9.17) is 5.11 Å². The number of aliphatic hydroxyl groups is 1. The molecule has 108 valence electrons. The largest absolute Gasteiger partial charge is 0.478 e. The summed E-state index contributed by atoms with van der Waals surface area (Å²) in [5.74, 6) is -3.06. The number of benzene rings is 1. The third-order valence-electron chi connectivity index (χ3n) is 4.23. The number of aliphatic hydroxyl groups excluding tert-OH is 1. The molecule has 6 heteroatoms. The van der Waals surface area contributed by atoms with Crippen molar-refractivity contribution >= 4 is 11.7 Å². The molecule has 2 aliphatic rings. The second-order valence-electron chi connectivity index (χ2n) is 5.51. The zero-order valence-corrected chi connectivity index (χ0v) is 10.7. The maximum absolute atomic E-state index is 14.1. The lowest BCUT2D eigenvalue weighted by Gasteiger charge is -2.39. The predicted molar refractivity (Wildman–Crippen MR) is 67.8 cm³/mol. The van der Waals surface area contributed by atoms with Crippen LogP contribution in [-0.4, -0.2) is 34.4 Å². The first-order valence-corrected chi connectivity index (χ1v) is 6.66.